The van der Waals surface area contributed by atoms with Gasteiger partial charge in [0.1, 0.15) is 5.75 Å². The molecule has 1 fully saturated rings. The SMILES string of the molecule is CCNC(CC)c1ccccc1OC1CCC(CC)CC1. The van der Waals surface area contributed by atoms with Crippen molar-refractivity contribution < 1.29 is 4.74 Å². The maximum atomic E-state index is 6.37. The molecule has 0 amide bonds. The lowest BCUT2D eigenvalue weighted by molar-refractivity contribution is 0.128. The highest BCUT2D eigenvalue weighted by Crippen LogP contribution is 2.33. The maximum Gasteiger partial charge on any atom is 0.124 e. The molecule has 1 aliphatic rings. The minimum Gasteiger partial charge on any atom is -0.490 e. The van der Waals surface area contributed by atoms with E-state index in [2.05, 4.69) is 50.4 Å². The summed E-state index contributed by atoms with van der Waals surface area (Å²) in [4.78, 5) is 0. The normalized spacial score (nSPS) is 23.8. The lowest BCUT2D eigenvalue weighted by Crippen LogP contribution is -2.26. The number of hydrogen-bond acceptors (Lipinski definition) is 2. The number of nitrogens with one attached hydrogen (secondary N) is 1. The summed E-state index contributed by atoms with van der Waals surface area (Å²) in [5, 5.41) is 3.56. The van der Waals surface area contributed by atoms with Crippen LogP contribution in [0.2, 0.25) is 0 Å². The Hall–Kier alpha value is -1.02. The Balaban J connectivity index is 2.03. The van der Waals surface area contributed by atoms with Crippen molar-refractivity contribution in [3.63, 3.8) is 0 Å². The third kappa shape index (κ3) is 4.47. The summed E-state index contributed by atoms with van der Waals surface area (Å²) in [7, 11) is 0. The van der Waals surface area contributed by atoms with Gasteiger partial charge in [-0.1, -0.05) is 45.4 Å². The molecule has 0 bridgehead atoms. The lowest BCUT2D eigenvalue weighted by Gasteiger charge is -2.30. The van der Waals surface area contributed by atoms with E-state index in [4.69, 9.17) is 4.74 Å². The van der Waals surface area contributed by atoms with Crippen LogP contribution in [-0.4, -0.2) is 12.6 Å². The molecular weight excluding hydrogens is 258 g/mol. The van der Waals surface area contributed by atoms with Crippen molar-refractivity contribution in [1.29, 1.82) is 0 Å². The zero-order valence-corrected chi connectivity index (χ0v) is 13.9. The van der Waals surface area contributed by atoms with Gasteiger partial charge in [0.05, 0.1) is 6.10 Å². The summed E-state index contributed by atoms with van der Waals surface area (Å²) in [5.74, 6) is 2.01. The van der Waals surface area contributed by atoms with Gasteiger partial charge in [-0.15, -0.1) is 0 Å². The molecule has 1 aromatic carbocycles. The van der Waals surface area contributed by atoms with Gasteiger partial charge in [0, 0.05) is 11.6 Å². The molecule has 1 saturated carbocycles. The standard InChI is InChI=1S/C19H31NO/c1-4-15-11-13-16(14-12-15)21-19-10-8-7-9-17(19)18(5-2)20-6-3/h7-10,15-16,18,20H,4-6,11-14H2,1-3H3. The van der Waals surface area contributed by atoms with Crippen LogP contribution in [0, 0.1) is 5.92 Å². The molecule has 0 aliphatic heterocycles. The highest BCUT2D eigenvalue weighted by molar-refractivity contribution is 5.36. The third-order valence-corrected chi connectivity index (χ3v) is 4.82. The van der Waals surface area contributed by atoms with E-state index in [9.17, 15) is 0 Å². The number of ether oxygens (including phenoxy) is 1. The van der Waals surface area contributed by atoms with E-state index in [1.807, 2.05) is 0 Å². The first kappa shape index (κ1) is 16.4. The van der Waals surface area contributed by atoms with Crippen molar-refractivity contribution in [2.75, 3.05) is 6.54 Å². The molecule has 0 radical (unpaired) electrons. The summed E-state index contributed by atoms with van der Waals surface area (Å²) in [5.41, 5.74) is 1.32. The highest BCUT2D eigenvalue weighted by atomic mass is 16.5. The Kier molecular flexibility index (Phi) is 6.56. The molecule has 118 valence electrons. The van der Waals surface area contributed by atoms with Crippen LogP contribution in [0.25, 0.3) is 0 Å². The van der Waals surface area contributed by atoms with Crippen LogP contribution in [0.4, 0.5) is 0 Å². The smallest absolute Gasteiger partial charge is 0.124 e. The Morgan fingerprint density at radius 1 is 1.10 bits per heavy atom. The summed E-state index contributed by atoms with van der Waals surface area (Å²) in [6, 6.07) is 8.97. The Morgan fingerprint density at radius 2 is 1.81 bits per heavy atom. The molecule has 1 aliphatic carbocycles. The van der Waals surface area contributed by atoms with E-state index in [-0.39, 0.29) is 0 Å². The Bertz CT molecular complexity index is 410. The van der Waals surface area contributed by atoms with E-state index >= 15 is 0 Å². The molecule has 1 unspecified atom stereocenters. The highest BCUT2D eigenvalue weighted by Gasteiger charge is 2.22. The molecule has 0 spiro atoms. The van der Waals surface area contributed by atoms with E-state index in [1.165, 1.54) is 37.7 Å². The first-order valence-electron chi connectivity index (χ1n) is 8.77. The summed E-state index contributed by atoms with van der Waals surface area (Å²) in [6.07, 6.45) is 7.91. The molecule has 1 aromatic rings. The van der Waals surface area contributed by atoms with Crippen molar-refractivity contribution >= 4 is 0 Å². The average Bonchev–Trinajstić information content (AvgIpc) is 2.54. The van der Waals surface area contributed by atoms with Crippen molar-refractivity contribution in [3.8, 4) is 5.75 Å². The third-order valence-electron chi connectivity index (χ3n) is 4.82. The van der Waals surface area contributed by atoms with Crippen molar-refractivity contribution in [2.45, 2.75) is 71.4 Å². The van der Waals surface area contributed by atoms with Gasteiger partial charge in [-0.3, -0.25) is 0 Å². The quantitative estimate of drug-likeness (QED) is 0.754. The molecule has 0 heterocycles. The van der Waals surface area contributed by atoms with Crippen LogP contribution in [0.1, 0.15) is 70.9 Å². The number of rotatable bonds is 7. The molecule has 0 saturated heterocycles. The molecular formula is C19H31NO. The van der Waals surface area contributed by atoms with Crippen LogP contribution < -0.4 is 10.1 Å². The van der Waals surface area contributed by atoms with E-state index in [1.54, 1.807) is 0 Å². The predicted octanol–water partition coefficient (Wildman–Crippen LogP) is 5.09. The van der Waals surface area contributed by atoms with E-state index < -0.39 is 0 Å². The maximum absolute atomic E-state index is 6.37. The number of benzene rings is 1. The second-order valence-electron chi connectivity index (χ2n) is 6.23. The Morgan fingerprint density at radius 3 is 2.43 bits per heavy atom. The number of para-hydroxylation sites is 1. The zero-order chi connectivity index (χ0) is 15.1. The zero-order valence-electron chi connectivity index (χ0n) is 13.9. The van der Waals surface area contributed by atoms with Gasteiger partial charge in [0.25, 0.3) is 0 Å². The van der Waals surface area contributed by atoms with Crippen molar-refractivity contribution in [1.82, 2.24) is 5.32 Å². The molecule has 2 heteroatoms. The monoisotopic (exact) mass is 289 g/mol. The predicted molar refractivity (Wildman–Crippen MR) is 89.8 cm³/mol. The van der Waals surface area contributed by atoms with Crippen LogP contribution in [0.15, 0.2) is 24.3 Å². The molecule has 21 heavy (non-hydrogen) atoms. The van der Waals surface area contributed by atoms with Gasteiger partial charge >= 0.3 is 0 Å². The van der Waals surface area contributed by atoms with Crippen LogP contribution in [0.5, 0.6) is 5.75 Å². The molecule has 0 aromatic heterocycles. The number of hydrogen-bond donors (Lipinski definition) is 1. The summed E-state index contributed by atoms with van der Waals surface area (Å²) >= 11 is 0. The van der Waals surface area contributed by atoms with Gasteiger partial charge in [-0.05, 0) is 50.6 Å². The molecule has 1 atom stereocenters. The van der Waals surface area contributed by atoms with Gasteiger partial charge in [0.2, 0.25) is 0 Å². The average molecular weight is 289 g/mol. The van der Waals surface area contributed by atoms with E-state index in [0.29, 0.717) is 12.1 Å². The fourth-order valence-corrected chi connectivity index (χ4v) is 3.43. The van der Waals surface area contributed by atoms with Gasteiger partial charge < -0.3 is 10.1 Å². The molecule has 2 rings (SSSR count). The molecule has 1 N–H and O–H groups in total. The lowest BCUT2D eigenvalue weighted by atomic mass is 9.86. The Labute approximate surface area is 130 Å². The minimum absolute atomic E-state index is 0.401. The van der Waals surface area contributed by atoms with Crippen LogP contribution in [0.3, 0.4) is 0 Å². The fraction of sp³-hybridized carbons (Fsp3) is 0.684. The second-order valence-corrected chi connectivity index (χ2v) is 6.23. The van der Waals surface area contributed by atoms with Gasteiger partial charge in [-0.2, -0.15) is 0 Å². The summed E-state index contributed by atoms with van der Waals surface area (Å²) < 4.78 is 6.37. The van der Waals surface area contributed by atoms with Crippen molar-refractivity contribution in [2.24, 2.45) is 5.92 Å². The van der Waals surface area contributed by atoms with E-state index in [0.717, 1.165) is 24.6 Å². The molecule has 2 nitrogen and oxygen atoms in total. The second kappa shape index (κ2) is 8.43. The first-order chi connectivity index (χ1) is 10.3. The van der Waals surface area contributed by atoms with Gasteiger partial charge in [-0.25, -0.2) is 0 Å². The largest absolute Gasteiger partial charge is 0.490 e. The first-order valence-corrected chi connectivity index (χ1v) is 8.77. The van der Waals surface area contributed by atoms with Crippen LogP contribution in [-0.2, 0) is 0 Å². The summed E-state index contributed by atoms with van der Waals surface area (Å²) in [6.45, 7) is 7.70. The topological polar surface area (TPSA) is 21.3 Å². The van der Waals surface area contributed by atoms with Crippen molar-refractivity contribution in [3.05, 3.63) is 29.8 Å². The minimum atomic E-state index is 0.401. The fourth-order valence-electron chi connectivity index (χ4n) is 3.43. The van der Waals surface area contributed by atoms with Crippen LogP contribution >= 0.6 is 0 Å². The van der Waals surface area contributed by atoms with Gasteiger partial charge in [0.15, 0.2) is 0 Å².